The lowest BCUT2D eigenvalue weighted by molar-refractivity contribution is -0.116. The van der Waals surface area contributed by atoms with Crippen molar-refractivity contribution < 1.29 is 4.79 Å². The summed E-state index contributed by atoms with van der Waals surface area (Å²) in [5.41, 5.74) is 10.1. The molecule has 1 heterocycles. The summed E-state index contributed by atoms with van der Waals surface area (Å²) in [6.07, 6.45) is 0. The average molecular weight is 286 g/mol. The summed E-state index contributed by atoms with van der Waals surface area (Å²) in [4.78, 5) is 12.2. The van der Waals surface area contributed by atoms with Crippen LogP contribution in [0.2, 0.25) is 0 Å². The molecule has 112 valence electrons. The largest absolute Gasteiger partial charge is 0.396 e. The molecule has 0 radical (unpaired) electrons. The van der Waals surface area contributed by atoms with Gasteiger partial charge in [-0.3, -0.25) is 9.48 Å². The molecule has 0 unspecified atom stereocenters. The van der Waals surface area contributed by atoms with Crippen LogP contribution < -0.4 is 11.1 Å². The van der Waals surface area contributed by atoms with E-state index < -0.39 is 0 Å². The number of nitrogens with two attached hydrogens (primary N) is 1. The van der Waals surface area contributed by atoms with Gasteiger partial charge >= 0.3 is 0 Å². The second-order valence-corrected chi connectivity index (χ2v) is 5.53. The number of aryl methyl sites for hydroxylation is 1. The summed E-state index contributed by atoms with van der Waals surface area (Å²) in [6, 6.07) is 7.85. The Labute approximate surface area is 125 Å². The van der Waals surface area contributed by atoms with E-state index in [1.54, 1.807) is 4.68 Å². The predicted octanol–water partition coefficient (Wildman–Crippen LogP) is 2.84. The zero-order valence-electron chi connectivity index (χ0n) is 13.0. The summed E-state index contributed by atoms with van der Waals surface area (Å²) < 4.78 is 1.64. The van der Waals surface area contributed by atoms with E-state index in [2.05, 4.69) is 24.3 Å². The number of carbonyl (C=O) groups is 1. The number of hydrogen-bond donors (Lipinski definition) is 2. The van der Waals surface area contributed by atoms with Gasteiger partial charge in [0.2, 0.25) is 5.91 Å². The highest BCUT2D eigenvalue weighted by atomic mass is 16.2. The van der Waals surface area contributed by atoms with Gasteiger partial charge in [0.05, 0.1) is 17.1 Å². The van der Waals surface area contributed by atoms with Crippen LogP contribution in [0.3, 0.4) is 0 Å². The number of rotatable bonds is 4. The van der Waals surface area contributed by atoms with Crippen molar-refractivity contribution in [2.24, 2.45) is 0 Å². The van der Waals surface area contributed by atoms with Gasteiger partial charge in [-0.1, -0.05) is 32.0 Å². The summed E-state index contributed by atoms with van der Waals surface area (Å²) in [6.45, 7) is 8.07. The maximum atomic E-state index is 12.2. The molecule has 1 aromatic heterocycles. The van der Waals surface area contributed by atoms with Gasteiger partial charge in [0.1, 0.15) is 6.54 Å². The molecular weight excluding hydrogens is 264 g/mol. The van der Waals surface area contributed by atoms with Crippen LogP contribution in [0.1, 0.15) is 36.7 Å². The molecule has 5 heteroatoms. The second-order valence-electron chi connectivity index (χ2n) is 5.53. The number of amides is 1. The van der Waals surface area contributed by atoms with Crippen molar-refractivity contribution in [3.05, 3.63) is 41.2 Å². The van der Waals surface area contributed by atoms with E-state index in [1.807, 2.05) is 38.1 Å². The van der Waals surface area contributed by atoms with Crippen molar-refractivity contribution >= 4 is 17.3 Å². The normalized spacial score (nSPS) is 10.9. The standard InChI is InChI=1S/C16H22N4O/c1-10(2)13-7-5-6-8-14(13)18-15(21)9-20-12(4)16(17)11(3)19-20/h5-8,10H,9,17H2,1-4H3,(H,18,21). The quantitative estimate of drug-likeness (QED) is 0.907. The van der Waals surface area contributed by atoms with Crippen molar-refractivity contribution in [2.45, 2.75) is 40.2 Å². The van der Waals surface area contributed by atoms with Crippen molar-refractivity contribution in [1.29, 1.82) is 0 Å². The Balaban J connectivity index is 2.14. The lowest BCUT2D eigenvalue weighted by Crippen LogP contribution is -2.21. The zero-order valence-corrected chi connectivity index (χ0v) is 13.0. The molecule has 2 aromatic rings. The van der Waals surface area contributed by atoms with E-state index in [4.69, 9.17) is 5.73 Å². The van der Waals surface area contributed by atoms with Crippen LogP contribution in [-0.2, 0) is 11.3 Å². The maximum absolute atomic E-state index is 12.2. The van der Waals surface area contributed by atoms with Gasteiger partial charge in [-0.15, -0.1) is 0 Å². The zero-order chi connectivity index (χ0) is 15.6. The van der Waals surface area contributed by atoms with Crippen molar-refractivity contribution in [3.8, 4) is 0 Å². The number of benzene rings is 1. The van der Waals surface area contributed by atoms with Crippen LogP contribution in [-0.4, -0.2) is 15.7 Å². The highest BCUT2D eigenvalue weighted by Crippen LogP contribution is 2.23. The molecule has 1 aromatic carbocycles. The third kappa shape index (κ3) is 3.24. The fourth-order valence-corrected chi connectivity index (χ4v) is 2.30. The lowest BCUT2D eigenvalue weighted by Gasteiger charge is -2.14. The SMILES string of the molecule is Cc1nn(CC(=O)Nc2ccccc2C(C)C)c(C)c1N. The van der Waals surface area contributed by atoms with E-state index in [9.17, 15) is 4.79 Å². The molecule has 0 bridgehead atoms. The van der Waals surface area contributed by atoms with E-state index in [0.29, 0.717) is 11.6 Å². The molecule has 0 aliphatic heterocycles. The van der Waals surface area contributed by atoms with Gasteiger partial charge in [0, 0.05) is 5.69 Å². The Kier molecular flexibility index (Phi) is 4.31. The first-order valence-corrected chi connectivity index (χ1v) is 7.08. The summed E-state index contributed by atoms with van der Waals surface area (Å²) in [7, 11) is 0. The van der Waals surface area contributed by atoms with E-state index in [-0.39, 0.29) is 12.5 Å². The van der Waals surface area contributed by atoms with Gasteiger partial charge in [0.15, 0.2) is 0 Å². The van der Waals surface area contributed by atoms with E-state index >= 15 is 0 Å². The van der Waals surface area contributed by atoms with Gasteiger partial charge in [0.25, 0.3) is 0 Å². The Morgan fingerprint density at radius 1 is 1.33 bits per heavy atom. The lowest BCUT2D eigenvalue weighted by atomic mass is 10.0. The number of nitrogens with zero attached hydrogens (tertiary/aromatic N) is 2. The molecule has 2 rings (SSSR count). The summed E-state index contributed by atoms with van der Waals surface area (Å²) in [5.74, 6) is 0.250. The minimum atomic E-state index is -0.103. The number of hydrogen-bond acceptors (Lipinski definition) is 3. The third-order valence-electron chi connectivity index (χ3n) is 3.59. The monoisotopic (exact) mass is 286 g/mol. The predicted molar refractivity (Wildman–Crippen MR) is 85.3 cm³/mol. The van der Waals surface area contributed by atoms with Crippen LogP contribution in [0.5, 0.6) is 0 Å². The molecule has 0 fully saturated rings. The van der Waals surface area contributed by atoms with Gasteiger partial charge in [-0.25, -0.2) is 0 Å². The summed E-state index contributed by atoms with van der Waals surface area (Å²) >= 11 is 0. The van der Waals surface area contributed by atoms with Gasteiger partial charge < -0.3 is 11.1 Å². The van der Waals surface area contributed by atoms with Crippen LogP contribution in [0, 0.1) is 13.8 Å². The van der Waals surface area contributed by atoms with Crippen LogP contribution in [0.25, 0.3) is 0 Å². The van der Waals surface area contributed by atoms with E-state index in [1.165, 1.54) is 0 Å². The van der Waals surface area contributed by atoms with Crippen LogP contribution in [0.4, 0.5) is 11.4 Å². The fraction of sp³-hybridized carbons (Fsp3) is 0.375. The van der Waals surface area contributed by atoms with Crippen LogP contribution in [0.15, 0.2) is 24.3 Å². The molecule has 0 saturated heterocycles. The molecule has 3 N–H and O–H groups in total. The number of anilines is 2. The Bertz CT molecular complexity index is 658. The number of carbonyl (C=O) groups excluding carboxylic acids is 1. The minimum Gasteiger partial charge on any atom is -0.396 e. The van der Waals surface area contributed by atoms with Gasteiger partial charge in [-0.05, 0) is 31.4 Å². The molecule has 0 aliphatic rings. The molecule has 0 atom stereocenters. The first kappa shape index (κ1) is 15.1. The second kappa shape index (κ2) is 5.99. The Morgan fingerprint density at radius 3 is 2.57 bits per heavy atom. The van der Waals surface area contributed by atoms with E-state index in [0.717, 1.165) is 22.6 Å². The first-order valence-electron chi connectivity index (χ1n) is 7.08. The number of nitrogen functional groups attached to an aromatic ring is 1. The number of para-hydroxylation sites is 1. The average Bonchev–Trinajstić information content (AvgIpc) is 2.66. The Hall–Kier alpha value is -2.30. The Morgan fingerprint density at radius 2 is 2.00 bits per heavy atom. The first-order chi connectivity index (χ1) is 9.90. The topological polar surface area (TPSA) is 72.9 Å². The number of nitrogens with one attached hydrogen (secondary N) is 1. The van der Waals surface area contributed by atoms with Gasteiger partial charge in [-0.2, -0.15) is 5.10 Å². The molecule has 5 nitrogen and oxygen atoms in total. The highest BCUT2D eigenvalue weighted by Gasteiger charge is 2.13. The molecule has 1 amide bonds. The minimum absolute atomic E-state index is 0.103. The number of aromatic nitrogens is 2. The van der Waals surface area contributed by atoms with Crippen LogP contribution >= 0.6 is 0 Å². The third-order valence-corrected chi connectivity index (χ3v) is 3.59. The maximum Gasteiger partial charge on any atom is 0.246 e. The summed E-state index contributed by atoms with van der Waals surface area (Å²) in [5, 5.41) is 7.24. The van der Waals surface area contributed by atoms with Crippen molar-refractivity contribution in [2.75, 3.05) is 11.1 Å². The fourth-order valence-electron chi connectivity index (χ4n) is 2.30. The van der Waals surface area contributed by atoms with Crippen molar-refractivity contribution in [3.63, 3.8) is 0 Å². The smallest absolute Gasteiger partial charge is 0.246 e. The van der Waals surface area contributed by atoms with Crippen molar-refractivity contribution in [1.82, 2.24) is 9.78 Å². The molecule has 21 heavy (non-hydrogen) atoms. The molecule has 0 saturated carbocycles. The molecule has 0 aliphatic carbocycles. The molecular formula is C16H22N4O. The molecule has 0 spiro atoms. The highest BCUT2D eigenvalue weighted by molar-refractivity contribution is 5.91.